The van der Waals surface area contributed by atoms with Crippen molar-refractivity contribution < 1.29 is 8.83 Å². The number of para-hydroxylation sites is 2. The van der Waals surface area contributed by atoms with Crippen molar-refractivity contribution in [1.29, 1.82) is 0 Å². The molecule has 13 rings (SSSR count). The van der Waals surface area contributed by atoms with Crippen molar-refractivity contribution in [2.24, 2.45) is 0 Å². The van der Waals surface area contributed by atoms with Crippen molar-refractivity contribution in [3.05, 3.63) is 182 Å². The van der Waals surface area contributed by atoms with Crippen molar-refractivity contribution in [2.75, 3.05) is 0 Å². The molecule has 0 aliphatic carbocycles. The maximum absolute atomic E-state index is 6.88. The van der Waals surface area contributed by atoms with Crippen LogP contribution in [0, 0.1) is 0 Å². The van der Waals surface area contributed by atoms with Crippen molar-refractivity contribution >= 4 is 87.2 Å². The van der Waals surface area contributed by atoms with Crippen LogP contribution in [0.3, 0.4) is 0 Å². The molecule has 4 aromatic heterocycles. The maximum atomic E-state index is 6.88. The Labute approximate surface area is 336 Å². The second kappa shape index (κ2) is 12.2. The van der Waals surface area contributed by atoms with Gasteiger partial charge in [0, 0.05) is 60.5 Å². The molecule has 0 aliphatic rings. The Morgan fingerprint density at radius 3 is 1.85 bits per heavy atom. The molecule has 0 N–H and O–H groups in total. The van der Waals surface area contributed by atoms with Crippen molar-refractivity contribution in [2.45, 2.75) is 0 Å². The van der Waals surface area contributed by atoms with Gasteiger partial charge >= 0.3 is 0 Å². The number of nitrogens with zero attached hydrogens (tertiary/aromatic N) is 4. The van der Waals surface area contributed by atoms with Crippen LogP contribution >= 0.6 is 0 Å². The van der Waals surface area contributed by atoms with Gasteiger partial charge in [-0.15, -0.1) is 0 Å². The summed E-state index contributed by atoms with van der Waals surface area (Å²) in [5.74, 6) is 1.73. The Morgan fingerprint density at radius 1 is 0.339 bits per heavy atom. The zero-order chi connectivity index (χ0) is 38.6. The van der Waals surface area contributed by atoms with Crippen LogP contribution < -0.4 is 0 Å². The molecule has 0 fully saturated rings. The summed E-state index contributed by atoms with van der Waals surface area (Å²) in [7, 11) is 0. The summed E-state index contributed by atoms with van der Waals surface area (Å²) in [6, 6.07) is 63.3. The fourth-order valence-electron chi connectivity index (χ4n) is 9.16. The first kappa shape index (κ1) is 32.0. The SMILES string of the molecule is c1ccc(-c2nc(-c3ccc4c(c3)oc3cc(-n5c6ccccc6c6cc7ccccc7cc65)c5ccccc5c34)nc(-c3cccc4oc5ccccc5c34)n2)cc1. The Morgan fingerprint density at radius 2 is 0.983 bits per heavy atom. The van der Waals surface area contributed by atoms with Gasteiger partial charge in [0.15, 0.2) is 17.5 Å². The largest absolute Gasteiger partial charge is 0.456 e. The molecule has 0 radical (unpaired) electrons. The number of hydrogen-bond acceptors (Lipinski definition) is 5. The van der Waals surface area contributed by atoms with Crippen LogP contribution in [-0.2, 0) is 0 Å². The van der Waals surface area contributed by atoms with Crippen molar-refractivity contribution in [3.8, 4) is 39.9 Å². The van der Waals surface area contributed by atoms with Crippen LogP contribution in [0.15, 0.2) is 191 Å². The standard InChI is InChI=1S/C53H30N4O2/c1-2-13-31(14-3-1)51-54-52(56-53(55-51)40-21-12-24-46-50(40)38-20-9-11-23-45(38)58-46)34-25-26-39-47(29-34)59-48-30-44(35-17-6-7-19-37(35)49(39)48)57-42-22-10-8-18-36(42)41-27-32-15-4-5-16-33(32)28-43(41)57/h1-30H. The summed E-state index contributed by atoms with van der Waals surface area (Å²) in [6.45, 7) is 0. The molecule has 6 heteroatoms. The maximum Gasteiger partial charge on any atom is 0.164 e. The van der Waals surface area contributed by atoms with Gasteiger partial charge in [0.25, 0.3) is 0 Å². The van der Waals surface area contributed by atoms with E-state index in [4.69, 9.17) is 23.8 Å². The Kier molecular flexibility index (Phi) is 6.63. The van der Waals surface area contributed by atoms with Crippen molar-refractivity contribution in [3.63, 3.8) is 0 Å². The van der Waals surface area contributed by atoms with Crippen LogP contribution in [0.5, 0.6) is 0 Å². The molecule has 274 valence electrons. The van der Waals surface area contributed by atoms with Gasteiger partial charge in [-0.2, -0.15) is 0 Å². The molecule has 0 atom stereocenters. The van der Waals surface area contributed by atoms with E-state index < -0.39 is 0 Å². The molecule has 4 heterocycles. The predicted molar refractivity (Wildman–Crippen MR) is 240 cm³/mol. The van der Waals surface area contributed by atoms with E-state index in [1.54, 1.807) is 0 Å². The van der Waals surface area contributed by atoms with Gasteiger partial charge in [0.05, 0.1) is 16.7 Å². The lowest BCUT2D eigenvalue weighted by Crippen LogP contribution is -2.00. The van der Waals surface area contributed by atoms with E-state index in [1.165, 1.54) is 21.5 Å². The quantitative estimate of drug-likeness (QED) is 0.179. The number of rotatable bonds is 4. The molecule has 0 saturated carbocycles. The summed E-state index contributed by atoms with van der Waals surface area (Å²) in [6.07, 6.45) is 0. The van der Waals surface area contributed by atoms with Crippen LogP contribution in [0.25, 0.3) is 127 Å². The lowest BCUT2D eigenvalue weighted by molar-refractivity contribution is 0.668. The average Bonchev–Trinajstić information content (AvgIpc) is 3.97. The van der Waals surface area contributed by atoms with E-state index in [0.29, 0.717) is 17.5 Å². The first-order valence-corrected chi connectivity index (χ1v) is 19.8. The van der Waals surface area contributed by atoms with Gasteiger partial charge in [-0.25, -0.2) is 15.0 Å². The molecule has 0 unspecified atom stereocenters. The van der Waals surface area contributed by atoms with E-state index in [9.17, 15) is 0 Å². The zero-order valence-electron chi connectivity index (χ0n) is 31.4. The van der Waals surface area contributed by atoms with Gasteiger partial charge in [-0.05, 0) is 58.6 Å². The Bertz CT molecular complexity index is 3860. The van der Waals surface area contributed by atoms with E-state index in [0.717, 1.165) is 88.1 Å². The highest BCUT2D eigenvalue weighted by Gasteiger charge is 2.21. The topological polar surface area (TPSA) is 69.9 Å². The minimum atomic E-state index is 0.559. The lowest BCUT2D eigenvalue weighted by Gasteiger charge is -2.13. The van der Waals surface area contributed by atoms with Gasteiger partial charge in [0.2, 0.25) is 0 Å². The molecular weight excluding hydrogens is 725 g/mol. The first-order chi connectivity index (χ1) is 29.2. The van der Waals surface area contributed by atoms with Crippen LogP contribution in [0.2, 0.25) is 0 Å². The zero-order valence-corrected chi connectivity index (χ0v) is 31.4. The molecule has 13 aromatic rings. The summed E-state index contributed by atoms with van der Waals surface area (Å²) in [5, 5.41) is 11.3. The number of benzene rings is 9. The molecule has 0 saturated heterocycles. The molecule has 0 amide bonds. The third-order valence-corrected chi connectivity index (χ3v) is 11.8. The second-order valence-electron chi connectivity index (χ2n) is 15.1. The fraction of sp³-hybridized carbons (Fsp3) is 0. The summed E-state index contributed by atoms with van der Waals surface area (Å²) in [5.41, 5.74) is 9.20. The molecule has 0 aliphatic heterocycles. The fourth-order valence-corrected chi connectivity index (χ4v) is 9.16. The summed E-state index contributed by atoms with van der Waals surface area (Å²) in [4.78, 5) is 15.3. The summed E-state index contributed by atoms with van der Waals surface area (Å²) >= 11 is 0. The van der Waals surface area contributed by atoms with E-state index in [1.807, 2.05) is 60.7 Å². The highest BCUT2D eigenvalue weighted by atomic mass is 16.3. The highest BCUT2D eigenvalue weighted by molar-refractivity contribution is 6.22. The molecule has 0 bridgehead atoms. The average molecular weight is 755 g/mol. The third-order valence-electron chi connectivity index (χ3n) is 11.8. The van der Waals surface area contributed by atoms with Gasteiger partial charge in [-0.3, -0.25) is 0 Å². The molecule has 0 spiro atoms. The number of hydrogen-bond donors (Lipinski definition) is 0. The Hall–Kier alpha value is -8.09. The molecule has 9 aromatic carbocycles. The molecule has 59 heavy (non-hydrogen) atoms. The highest BCUT2D eigenvalue weighted by Crippen LogP contribution is 2.43. The number of furan rings is 2. The Balaban J connectivity index is 1.04. The smallest absolute Gasteiger partial charge is 0.164 e. The minimum Gasteiger partial charge on any atom is -0.456 e. The van der Waals surface area contributed by atoms with Crippen LogP contribution in [0.4, 0.5) is 0 Å². The number of fused-ring (bicyclic) bond motifs is 12. The second-order valence-corrected chi connectivity index (χ2v) is 15.1. The summed E-state index contributed by atoms with van der Waals surface area (Å²) < 4.78 is 15.5. The number of aromatic nitrogens is 4. The molecule has 6 nitrogen and oxygen atoms in total. The van der Waals surface area contributed by atoms with Gasteiger partial charge in [-0.1, -0.05) is 133 Å². The monoisotopic (exact) mass is 754 g/mol. The van der Waals surface area contributed by atoms with E-state index in [2.05, 4.69) is 126 Å². The molecular formula is C53H30N4O2. The van der Waals surface area contributed by atoms with Crippen LogP contribution in [-0.4, -0.2) is 19.5 Å². The van der Waals surface area contributed by atoms with Crippen LogP contribution in [0.1, 0.15) is 0 Å². The first-order valence-electron chi connectivity index (χ1n) is 19.8. The third kappa shape index (κ3) is 4.77. The van der Waals surface area contributed by atoms with E-state index in [-0.39, 0.29) is 0 Å². The predicted octanol–water partition coefficient (Wildman–Crippen LogP) is 14.1. The van der Waals surface area contributed by atoms with Gasteiger partial charge < -0.3 is 13.4 Å². The van der Waals surface area contributed by atoms with E-state index >= 15 is 0 Å². The van der Waals surface area contributed by atoms with Gasteiger partial charge in [0.1, 0.15) is 22.3 Å². The normalized spacial score (nSPS) is 12.1. The minimum absolute atomic E-state index is 0.559. The van der Waals surface area contributed by atoms with Crippen molar-refractivity contribution in [1.82, 2.24) is 19.5 Å². The lowest BCUT2D eigenvalue weighted by atomic mass is 10.0.